The van der Waals surface area contributed by atoms with Crippen LogP contribution in [0.5, 0.6) is 0 Å². The highest BCUT2D eigenvalue weighted by Crippen LogP contribution is 2.23. The van der Waals surface area contributed by atoms with Gasteiger partial charge in [0.05, 0.1) is 11.7 Å². The molecule has 17 heavy (non-hydrogen) atoms. The molecule has 0 aliphatic carbocycles. The summed E-state index contributed by atoms with van der Waals surface area (Å²) in [5, 5.41) is 11.3. The molecule has 88 valence electrons. The Balaban J connectivity index is 2.68. The molecule has 0 fully saturated rings. The Kier molecular flexibility index (Phi) is 3.11. The van der Waals surface area contributed by atoms with Crippen LogP contribution in [0.15, 0.2) is 36.4 Å². The lowest BCUT2D eigenvalue weighted by molar-refractivity contribution is 0.100. The zero-order chi connectivity index (χ0) is 12.4. The number of hydrogen-bond donors (Lipinski definition) is 2. The number of hydrogen-bond acceptors (Lipinski definition) is 2. The van der Waals surface area contributed by atoms with Gasteiger partial charge in [-0.3, -0.25) is 4.79 Å². The fourth-order valence-electron chi connectivity index (χ4n) is 2.10. The van der Waals surface area contributed by atoms with Gasteiger partial charge in [-0.1, -0.05) is 36.4 Å². The van der Waals surface area contributed by atoms with Crippen molar-refractivity contribution in [2.24, 2.45) is 5.73 Å². The number of rotatable bonds is 3. The van der Waals surface area contributed by atoms with E-state index < -0.39 is 12.0 Å². The summed E-state index contributed by atoms with van der Waals surface area (Å²) in [6, 6.07) is 11.4. The second-order valence-electron chi connectivity index (χ2n) is 4.24. The van der Waals surface area contributed by atoms with Crippen molar-refractivity contribution in [3.05, 3.63) is 47.5 Å². The maximum absolute atomic E-state index is 11.6. The molecular formula is C14H15NO2. The summed E-state index contributed by atoms with van der Waals surface area (Å²) in [5.74, 6) is -0.447. The van der Waals surface area contributed by atoms with Gasteiger partial charge in [0.2, 0.25) is 5.91 Å². The molecule has 0 saturated heterocycles. The molecule has 2 rings (SSSR count). The van der Waals surface area contributed by atoms with Crippen LogP contribution in [0.1, 0.15) is 22.8 Å². The smallest absolute Gasteiger partial charge is 0.249 e. The monoisotopic (exact) mass is 229 g/mol. The van der Waals surface area contributed by atoms with Crippen LogP contribution >= 0.6 is 0 Å². The van der Waals surface area contributed by atoms with Crippen molar-refractivity contribution < 1.29 is 9.90 Å². The van der Waals surface area contributed by atoms with Crippen LogP contribution in [0, 0.1) is 0 Å². The van der Waals surface area contributed by atoms with E-state index in [9.17, 15) is 9.90 Å². The van der Waals surface area contributed by atoms with Gasteiger partial charge in [0.15, 0.2) is 0 Å². The van der Waals surface area contributed by atoms with Gasteiger partial charge < -0.3 is 10.8 Å². The maximum Gasteiger partial charge on any atom is 0.249 e. The van der Waals surface area contributed by atoms with E-state index in [0.29, 0.717) is 12.0 Å². The fourth-order valence-corrected chi connectivity index (χ4v) is 2.10. The highest BCUT2D eigenvalue weighted by molar-refractivity contribution is 6.07. The van der Waals surface area contributed by atoms with Gasteiger partial charge in [0, 0.05) is 0 Å². The van der Waals surface area contributed by atoms with E-state index in [1.807, 2.05) is 36.4 Å². The number of aliphatic hydroxyl groups is 1. The van der Waals surface area contributed by atoms with Crippen LogP contribution < -0.4 is 5.73 Å². The lowest BCUT2D eigenvalue weighted by Gasteiger charge is -2.11. The van der Waals surface area contributed by atoms with Gasteiger partial charge in [-0.2, -0.15) is 0 Å². The molecule has 1 atom stereocenters. The second-order valence-corrected chi connectivity index (χ2v) is 4.24. The van der Waals surface area contributed by atoms with Gasteiger partial charge in [0.25, 0.3) is 0 Å². The van der Waals surface area contributed by atoms with Crippen molar-refractivity contribution in [3.8, 4) is 0 Å². The Morgan fingerprint density at radius 2 is 2.00 bits per heavy atom. The first-order valence-electron chi connectivity index (χ1n) is 5.58. The summed E-state index contributed by atoms with van der Waals surface area (Å²) in [7, 11) is 0. The Morgan fingerprint density at radius 3 is 2.65 bits per heavy atom. The standard InChI is InChI=1S/C14H15NO2/c1-9(16)8-11-7-6-10-4-2-3-5-12(10)13(11)14(15)17/h2-7,9,16H,8H2,1H3,(H2,15,17). The number of benzene rings is 2. The molecule has 2 aromatic carbocycles. The molecule has 0 heterocycles. The lowest BCUT2D eigenvalue weighted by Crippen LogP contribution is -2.17. The van der Waals surface area contributed by atoms with E-state index in [1.165, 1.54) is 0 Å². The summed E-state index contributed by atoms with van der Waals surface area (Å²) in [6.45, 7) is 1.69. The molecule has 3 N–H and O–H groups in total. The first-order valence-corrected chi connectivity index (χ1v) is 5.58. The average molecular weight is 229 g/mol. The first-order chi connectivity index (χ1) is 8.09. The molecule has 1 unspecified atom stereocenters. The largest absolute Gasteiger partial charge is 0.393 e. The number of fused-ring (bicyclic) bond motifs is 1. The molecule has 0 saturated carbocycles. The van der Waals surface area contributed by atoms with Gasteiger partial charge in [0.1, 0.15) is 0 Å². The molecule has 3 heteroatoms. The van der Waals surface area contributed by atoms with E-state index in [4.69, 9.17) is 5.73 Å². The normalized spacial score (nSPS) is 12.6. The van der Waals surface area contributed by atoms with Crippen molar-refractivity contribution >= 4 is 16.7 Å². The SMILES string of the molecule is CC(O)Cc1ccc2ccccc2c1C(N)=O. The first kappa shape index (κ1) is 11.6. The quantitative estimate of drug-likeness (QED) is 0.843. The third-order valence-corrected chi connectivity index (χ3v) is 2.78. The lowest BCUT2D eigenvalue weighted by atomic mass is 9.95. The van der Waals surface area contributed by atoms with Crippen LogP contribution in [0.3, 0.4) is 0 Å². The van der Waals surface area contributed by atoms with Crippen molar-refractivity contribution in [3.63, 3.8) is 0 Å². The average Bonchev–Trinajstić information content (AvgIpc) is 2.27. The number of primary amides is 1. The number of carbonyl (C=O) groups is 1. The molecule has 3 nitrogen and oxygen atoms in total. The third-order valence-electron chi connectivity index (χ3n) is 2.78. The van der Waals surface area contributed by atoms with Gasteiger partial charge >= 0.3 is 0 Å². The zero-order valence-corrected chi connectivity index (χ0v) is 9.68. The van der Waals surface area contributed by atoms with Crippen LogP contribution in [-0.2, 0) is 6.42 Å². The number of amides is 1. The van der Waals surface area contributed by atoms with Crippen LogP contribution in [0.25, 0.3) is 10.8 Å². The summed E-state index contributed by atoms with van der Waals surface area (Å²) < 4.78 is 0. The van der Waals surface area contributed by atoms with Gasteiger partial charge in [-0.15, -0.1) is 0 Å². The Bertz CT molecular complexity index is 561. The summed E-state index contributed by atoms with van der Waals surface area (Å²) >= 11 is 0. The molecule has 0 aliphatic heterocycles. The molecular weight excluding hydrogens is 214 g/mol. The number of aliphatic hydroxyl groups excluding tert-OH is 1. The van der Waals surface area contributed by atoms with Crippen LogP contribution in [-0.4, -0.2) is 17.1 Å². The predicted molar refractivity (Wildman–Crippen MR) is 67.9 cm³/mol. The highest BCUT2D eigenvalue weighted by atomic mass is 16.3. The van der Waals surface area contributed by atoms with Crippen LogP contribution in [0.2, 0.25) is 0 Å². The Hall–Kier alpha value is -1.87. The summed E-state index contributed by atoms with van der Waals surface area (Å²) in [6.07, 6.45) is -0.0578. The summed E-state index contributed by atoms with van der Waals surface area (Å²) in [5.41, 5.74) is 6.75. The number of carbonyl (C=O) groups excluding carboxylic acids is 1. The van der Waals surface area contributed by atoms with Crippen molar-refractivity contribution in [1.82, 2.24) is 0 Å². The molecule has 0 aromatic heterocycles. The van der Waals surface area contributed by atoms with Crippen molar-refractivity contribution in [1.29, 1.82) is 0 Å². The molecule has 0 spiro atoms. The van der Waals surface area contributed by atoms with Gasteiger partial charge in [-0.05, 0) is 29.7 Å². The molecule has 0 radical (unpaired) electrons. The molecule has 0 bridgehead atoms. The van der Waals surface area contributed by atoms with Crippen molar-refractivity contribution in [2.75, 3.05) is 0 Å². The minimum Gasteiger partial charge on any atom is -0.393 e. The maximum atomic E-state index is 11.6. The third kappa shape index (κ3) is 2.29. The minimum absolute atomic E-state index is 0.434. The Labute approximate surface area is 99.9 Å². The molecule has 0 aliphatic rings. The number of nitrogens with two attached hydrogens (primary N) is 1. The van der Waals surface area contributed by atoms with Crippen LogP contribution in [0.4, 0.5) is 0 Å². The van der Waals surface area contributed by atoms with Gasteiger partial charge in [-0.25, -0.2) is 0 Å². The molecule has 2 aromatic rings. The fraction of sp³-hybridized carbons (Fsp3) is 0.214. The predicted octanol–water partition coefficient (Wildman–Crippen LogP) is 1.86. The van der Waals surface area contributed by atoms with Crippen molar-refractivity contribution in [2.45, 2.75) is 19.4 Å². The minimum atomic E-state index is -0.491. The zero-order valence-electron chi connectivity index (χ0n) is 9.68. The van der Waals surface area contributed by atoms with E-state index >= 15 is 0 Å². The topological polar surface area (TPSA) is 63.3 Å². The van der Waals surface area contributed by atoms with E-state index in [1.54, 1.807) is 6.92 Å². The highest BCUT2D eigenvalue weighted by Gasteiger charge is 2.13. The van der Waals surface area contributed by atoms with E-state index in [0.717, 1.165) is 16.3 Å². The van der Waals surface area contributed by atoms with E-state index in [2.05, 4.69) is 0 Å². The Morgan fingerprint density at radius 1 is 1.29 bits per heavy atom. The molecule has 1 amide bonds. The second kappa shape index (κ2) is 4.55. The summed E-state index contributed by atoms with van der Waals surface area (Å²) in [4.78, 5) is 11.6. The van der Waals surface area contributed by atoms with E-state index in [-0.39, 0.29) is 0 Å².